The van der Waals surface area contributed by atoms with Crippen LogP contribution in [0.5, 0.6) is 0 Å². The Bertz CT molecular complexity index is 684. The fourth-order valence-electron chi connectivity index (χ4n) is 1.78. The summed E-state index contributed by atoms with van der Waals surface area (Å²) in [6, 6.07) is 12.0. The van der Waals surface area contributed by atoms with E-state index in [1.54, 1.807) is 6.07 Å². The molecule has 0 bridgehead atoms. The number of carbonyl (C=O) groups excluding carboxylic acids is 1. The summed E-state index contributed by atoms with van der Waals surface area (Å²) in [5.41, 5.74) is 1.44. The molecule has 0 aliphatic carbocycles. The van der Waals surface area contributed by atoms with Crippen LogP contribution in [0, 0.1) is 0 Å². The van der Waals surface area contributed by atoms with Crippen molar-refractivity contribution in [2.45, 2.75) is 6.42 Å². The van der Waals surface area contributed by atoms with Gasteiger partial charge in [0, 0.05) is 14.6 Å². The van der Waals surface area contributed by atoms with Crippen LogP contribution in [0.15, 0.2) is 51.4 Å². The molecule has 0 heterocycles. The number of hydrogen-bond donors (Lipinski definition) is 2. The Morgan fingerprint density at radius 3 is 2.29 bits per heavy atom. The van der Waals surface area contributed by atoms with Crippen molar-refractivity contribution in [3.63, 3.8) is 0 Å². The van der Waals surface area contributed by atoms with Gasteiger partial charge in [0.05, 0.1) is 12.0 Å². The van der Waals surface area contributed by atoms with Gasteiger partial charge in [0.1, 0.15) is 0 Å². The third kappa shape index (κ3) is 4.68. The number of nitrogens with one attached hydrogen (secondary N) is 1. The first-order valence-corrected chi connectivity index (χ1v) is 7.61. The fraction of sp³-hybridized carbons (Fsp3) is 0.0667. The molecule has 0 fully saturated rings. The van der Waals surface area contributed by atoms with E-state index in [-0.39, 0.29) is 17.9 Å². The van der Waals surface area contributed by atoms with Crippen LogP contribution in [-0.2, 0) is 11.2 Å². The van der Waals surface area contributed by atoms with E-state index in [2.05, 4.69) is 37.2 Å². The van der Waals surface area contributed by atoms with Gasteiger partial charge in [-0.3, -0.25) is 4.79 Å². The summed E-state index contributed by atoms with van der Waals surface area (Å²) in [7, 11) is 0. The van der Waals surface area contributed by atoms with Gasteiger partial charge in [0.2, 0.25) is 5.91 Å². The average molecular weight is 413 g/mol. The lowest BCUT2D eigenvalue weighted by atomic mass is 10.1. The number of hydrogen-bond acceptors (Lipinski definition) is 2. The largest absolute Gasteiger partial charge is 0.478 e. The van der Waals surface area contributed by atoms with E-state index in [4.69, 9.17) is 5.11 Å². The van der Waals surface area contributed by atoms with E-state index < -0.39 is 5.97 Å². The second-order valence-electron chi connectivity index (χ2n) is 4.39. The van der Waals surface area contributed by atoms with Crippen LogP contribution in [-0.4, -0.2) is 17.0 Å². The third-order valence-corrected chi connectivity index (χ3v) is 3.69. The van der Waals surface area contributed by atoms with Crippen molar-refractivity contribution in [3.8, 4) is 0 Å². The topological polar surface area (TPSA) is 66.4 Å². The molecule has 0 unspecified atom stereocenters. The van der Waals surface area contributed by atoms with Gasteiger partial charge in [-0.1, -0.05) is 44.0 Å². The molecule has 6 heteroatoms. The van der Waals surface area contributed by atoms with E-state index in [1.165, 1.54) is 12.1 Å². The van der Waals surface area contributed by atoms with Crippen molar-refractivity contribution in [3.05, 3.63) is 62.5 Å². The summed E-state index contributed by atoms with van der Waals surface area (Å²) in [5, 5.41) is 11.7. The van der Waals surface area contributed by atoms with Crippen LogP contribution in [0.25, 0.3) is 0 Å². The van der Waals surface area contributed by atoms with Crippen LogP contribution in [0.4, 0.5) is 5.69 Å². The Morgan fingerprint density at radius 1 is 1.00 bits per heavy atom. The summed E-state index contributed by atoms with van der Waals surface area (Å²) in [6.45, 7) is 0. The molecule has 21 heavy (non-hydrogen) atoms. The minimum atomic E-state index is -1.04. The number of amides is 1. The highest BCUT2D eigenvalue weighted by Gasteiger charge is 2.09. The highest BCUT2D eigenvalue weighted by molar-refractivity contribution is 9.10. The summed E-state index contributed by atoms with van der Waals surface area (Å²) < 4.78 is 1.55. The Labute approximate surface area is 138 Å². The molecule has 4 nitrogen and oxygen atoms in total. The van der Waals surface area contributed by atoms with E-state index in [0.717, 1.165) is 10.0 Å². The van der Waals surface area contributed by atoms with Crippen molar-refractivity contribution in [2.24, 2.45) is 0 Å². The molecule has 108 valence electrons. The summed E-state index contributed by atoms with van der Waals surface area (Å²) in [4.78, 5) is 22.9. The monoisotopic (exact) mass is 411 g/mol. The standard InChI is InChI=1S/C15H11Br2NO3/c16-11-3-1-9(2-4-11)5-14(19)18-13-7-10(15(20)21)6-12(17)8-13/h1-4,6-8H,5H2,(H,18,19)(H,20,21). The van der Waals surface area contributed by atoms with Gasteiger partial charge in [0.25, 0.3) is 0 Å². The molecule has 0 saturated carbocycles. The summed E-state index contributed by atoms with van der Waals surface area (Å²) in [6.07, 6.45) is 0.224. The quantitative estimate of drug-likeness (QED) is 0.794. The molecule has 2 aromatic carbocycles. The van der Waals surface area contributed by atoms with E-state index in [1.807, 2.05) is 24.3 Å². The third-order valence-electron chi connectivity index (χ3n) is 2.71. The van der Waals surface area contributed by atoms with Gasteiger partial charge < -0.3 is 10.4 Å². The highest BCUT2D eigenvalue weighted by Crippen LogP contribution is 2.20. The normalized spacial score (nSPS) is 10.2. The molecule has 0 spiro atoms. The molecule has 1 amide bonds. The maximum absolute atomic E-state index is 12.0. The lowest BCUT2D eigenvalue weighted by Gasteiger charge is -2.07. The Kier molecular flexibility index (Phi) is 5.14. The number of carboxylic acid groups (broad SMARTS) is 1. The molecule has 0 aliphatic rings. The van der Waals surface area contributed by atoms with Crippen LogP contribution in [0.1, 0.15) is 15.9 Å². The Morgan fingerprint density at radius 2 is 1.67 bits per heavy atom. The predicted octanol–water partition coefficient (Wildman–Crippen LogP) is 4.09. The Balaban J connectivity index is 2.09. The summed E-state index contributed by atoms with van der Waals surface area (Å²) >= 11 is 6.56. The molecule has 0 aromatic heterocycles. The van der Waals surface area contributed by atoms with Crippen LogP contribution in [0.3, 0.4) is 0 Å². The van der Waals surface area contributed by atoms with Crippen molar-refractivity contribution in [1.82, 2.24) is 0 Å². The molecular weight excluding hydrogens is 402 g/mol. The average Bonchev–Trinajstić information content (AvgIpc) is 2.40. The number of carboxylic acids is 1. The number of carbonyl (C=O) groups is 2. The zero-order chi connectivity index (χ0) is 15.4. The second-order valence-corrected chi connectivity index (χ2v) is 6.22. The lowest BCUT2D eigenvalue weighted by Crippen LogP contribution is -2.14. The van der Waals surface area contributed by atoms with E-state index >= 15 is 0 Å². The van der Waals surface area contributed by atoms with Crippen molar-refractivity contribution in [1.29, 1.82) is 0 Å². The van der Waals surface area contributed by atoms with Crippen molar-refractivity contribution >= 4 is 49.4 Å². The smallest absolute Gasteiger partial charge is 0.335 e. The Hall–Kier alpha value is -1.66. The van der Waals surface area contributed by atoms with Crippen LogP contribution < -0.4 is 5.32 Å². The predicted molar refractivity (Wildman–Crippen MR) is 87.6 cm³/mol. The first kappa shape index (κ1) is 15.7. The lowest BCUT2D eigenvalue weighted by molar-refractivity contribution is -0.115. The molecule has 0 radical (unpaired) electrons. The molecule has 2 N–H and O–H groups in total. The van der Waals surface area contributed by atoms with Crippen LogP contribution in [0.2, 0.25) is 0 Å². The van der Waals surface area contributed by atoms with E-state index in [9.17, 15) is 9.59 Å². The molecule has 2 aromatic rings. The summed E-state index contributed by atoms with van der Waals surface area (Å²) in [5.74, 6) is -1.24. The fourth-order valence-corrected chi connectivity index (χ4v) is 2.54. The van der Waals surface area contributed by atoms with Gasteiger partial charge in [-0.25, -0.2) is 4.79 Å². The number of rotatable bonds is 4. The van der Waals surface area contributed by atoms with E-state index in [0.29, 0.717) is 10.2 Å². The number of halogens is 2. The van der Waals surface area contributed by atoms with Gasteiger partial charge in [-0.15, -0.1) is 0 Å². The maximum atomic E-state index is 12.0. The first-order valence-electron chi connectivity index (χ1n) is 6.02. The zero-order valence-electron chi connectivity index (χ0n) is 10.8. The molecule has 0 aliphatic heterocycles. The van der Waals surface area contributed by atoms with Crippen molar-refractivity contribution in [2.75, 3.05) is 5.32 Å². The zero-order valence-corrected chi connectivity index (χ0v) is 13.9. The molecule has 0 atom stereocenters. The maximum Gasteiger partial charge on any atom is 0.335 e. The second kappa shape index (κ2) is 6.87. The molecule has 0 saturated heterocycles. The molecular formula is C15H11Br2NO3. The SMILES string of the molecule is O=C(Cc1ccc(Br)cc1)Nc1cc(Br)cc(C(=O)O)c1. The number of aromatic carboxylic acids is 1. The van der Waals surface area contributed by atoms with Gasteiger partial charge in [-0.05, 0) is 35.9 Å². The number of benzene rings is 2. The minimum absolute atomic E-state index is 0.114. The van der Waals surface area contributed by atoms with Gasteiger partial charge in [-0.2, -0.15) is 0 Å². The van der Waals surface area contributed by atoms with Gasteiger partial charge >= 0.3 is 5.97 Å². The van der Waals surface area contributed by atoms with Crippen LogP contribution >= 0.6 is 31.9 Å². The first-order chi connectivity index (χ1) is 9.94. The number of anilines is 1. The van der Waals surface area contributed by atoms with Gasteiger partial charge in [0.15, 0.2) is 0 Å². The highest BCUT2D eigenvalue weighted by atomic mass is 79.9. The van der Waals surface area contributed by atoms with Crippen molar-refractivity contribution < 1.29 is 14.7 Å². The minimum Gasteiger partial charge on any atom is -0.478 e. The molecule has 2 rings (SSSR count).